The zero-order valence-corrected chi connectivity index (χ0v) is 21.8. The Morgan fingerprint density at radius 3 is 2.51 bits per heavy atom. The van der Waals surface area contributed by atoms with E-state index in [1.165, 1.54) is 24.3 Å². The highest BCUT2D eigenvalue weighted by atomic mass is 32.2. The fourth-order valence-corrected chi connectivity index (χ4v) is 5.94. The van der Waals surface area contributed by atoms with Crippen LogP contribution in [0.1, 0.15) is 17.5 Å². The number of hydrogen-bond acceptors (Lipinski definition) is 10. The lowest BCUT2D eigenvalue weighted by molar-refractivity contribution is -0.118. The van der Waals surface area contributed by atoms with Crippen LogP contribution in [0.3, 0.4) is 0 Å². The topological polar surface area (TPSA) is 166 Å². The number of rotatable bonds is 9. The number of nitrogens with zero attached hydrogens (tertiary/aromatic N) is 3. The molecule has 3 aromatic rings. The van der Waals surface area contributed by atoms with Crippen molar-refractivity contribution in [3.05, 3.63) is 70.7 Å². The Balaban J connectivity index is 1.34. The molecule has 0 radical (unpaired) electrons. The minimum Gasteiger partial charge on any atom is -0.355 e. The van der Waals surface area contributed by atoms with Crippen LogP contribution in [0, 0.1) is 11.3 Å². The summed E-state index contributed by atoms with van der Waals surface area (Å²) in [5.41, 5.74) is 0.831. The van der Waals surface area contributed by atoms with Gasteiger partial charge in [0.2, 0.25) is 11.0 Å². The summed E-state index contributed by atoms with van der Waals surface area (Å²) in [6.07, 6.45) is 0.654. The van der Waals surface area contributed by atoms with Crippen LogP contribution in [0.4, 0.5) is 10.8 Å². The van der Waals surface area contributed by atoms with Gasteiger partial charge in [-0.3, -0.25) is 14.3 Å². The summed E-state index contributed by atoms with van der Waals surface area (Å²) < 4.78 is 27.6. The first-order valence-electron chi connectivity index (χ1n) is 10.9. The molecular formula is C23H21N7O4S3. The van der Waals surface area contributed by atoms with Gasteiger partial charge in [-0.15, -0.1) is 22.0 Å². The van der Waals surface area contributed by atoms with E-state index >= 15 is 0 Å². The van der Waals surface area contributed by atoms with E-state index in [2.05, 4.69) is 30.9 Å². The quantitative estimate of drug-likeness (QED) is 0.310. The van der Waals surface area contributed by atoms with Gasteiger partial charge in [-0.25, -0.2) is 8.42 Å². The maximum atomic E-state index is 12.6. The third kappa shape index (κ3) is 6.45. The van der Waals surface area contributed by atoms with E-state index in [-0.39, 0.29) is 27.3 Å². The predicted molar refractivity (Wildman–Crippen MR) is 142 cm³/mol. The molecule has 14 heteroatoms. The molecule has 1 aliphatic heterocycles. The molecule has 2 amide bonds. The summed E-state index contributed by atoms with van der Waals surface area (Å²) in [7, 11) is -3.85. The minimum absolute atomic E-state index is 0.00997. The van der Waals surface area contributed by atoms with Gasteiger partial charge in [-0.2, -0.15) is 5.26 Å². The molecule has 190 valence electrons. The highest BCUT2D eigenvalue weighted by Gasteiger charge is 2.28. The number of nitrogens with one attached hydrogen (secondary N) is 4. The van der Waals surface area contributed by atoms with E-state index < -0.39 is 21.4 Å². The van der Waals surface area contributed by atoms with Crippen LogP contribution in [0.15, 0.2) is 65.1 Å². The summed E-state index contributed by atoms with van der Waals surface area (Å²) >= 11 is 2.30. The SMILES string of the molecule is CCc1nnc(NS(=O)(=O)c2ccc(NC(=O)CSC3NC(=O)C(C#N)=C(c4ccccc4)N3)cc2)s1. The first-order chi connectivity index (χ1) is 17.8. The molecule has 2 aromatic carbocycles. The molecule has 0 bridgehead atoms. The van der Waals surface area contributed by atoms with Crippen molar-refractivity contribution < 1.29 is 18.0 Å². The van der Waals surface area contributed by atoms with Gasteiger partial charge in [0, 0.05) is 5.69 Å². The molecule has 37 heavy (non-hydrogen) atoms. The number of carbonyl (C=O) groups is 2. The maximum absolute atomic E-state index is 12.6. The number of hydrogen-bond donors (Lipinski definition) is 4. The first kappa shape index (κ1) is 26.1. The van der Waals surface area contributed by atoms with Crippen molar-refractivity contribution in [2.45, 2.75) is 23.7 Å². The van der Waals surface area contributed by atoms with Crippen molar-refractivity contribution >= 4 is 61.5 Å². The molecule has 0 saturated carbocycles. The van der Waals surface area contributed by atoms with E-state index in [0.29, 0.717) is 23.4 Å². The second kappa shape index (κ2) is 11.4. The van der Waals surface area contributed by atoms with E-state index in [0.717, 1.165) is 28.1 Å². The van der Waals surface area contributed by atoms with Crippen LogP contribution < -0.4 is 20.7 Å². The highest BCUT2D eigenvalue weighted by molar-refractivity contribution is 8.00. The zero-order chi connectivity index (χ0) is 26.4. The number of anilines is 2. The van der Waals surface area contributed by atoms with Gasteiger partial charge in [0.05, 0.1) is 16.3 Å². The smallest absolute Gasteiger partial charge is 0.266 e. The van der Waals surface area contributed by atoms with Crippen molar-refractivity contribution in [1.29, 1.82) is 5.26 Å². The van der Waals surface area contributed by atoms with Crippen LogP contribution in [-0.2, 0) is 26.0 Å². The molecule has 1 atom stereocenters. The lowest BCUT2D eigenvalue weighted by atomic mass is 10.1. The summed E-state index contributed by atoms with van der Waals surface area (Å²) in [4.78, 5) is 24.9. The van der Waals surface area contributed by atoms with Crippen LogP contribution in [-0.4, -0.2) is 41.7 Å². The van der Waals surface area contributed by atoms with Crippen LogP contribution in [0.5, 0.6) is 0 Å². The first-order valence-corrected chi connectivity index (χ1v) is 14.3. The van der Waals surface area contributed by atoms with E-state index in [1.807, 2.05) is 19.1 Å². The number of aromatic nitrogens is 2. The molecule has 1 aromatic heterocycles. The maximum Gasteiger partial charge on any atom is 0.266 e. The lowest BCUT2D eigenvalue weighted by Crippen LogP contribution is -2.48. The summed E-state index contributed by atoms with van der Waals surface area (Å²) in [5, 5.41) is 26.4. The summed E-state index contributed by atoms with van der Waals surface area (Å²) in [5.74, 6) is -0.893. The Labute approximate surface area is 221 Å². The number of thioether (sulfide) groups is 1. The zero-order valence-electron chi connectivity index (χ0n) is 19.4. The minimum atomic E-state index is -3.85. The average molecular weight is 556 g/mol. The second-order valence-corrected chi connectivity index (χ2v) is 11.4. The van der Waals surface area contributed by atoms with E-state index in [9.17, 15) is 23.3 Å². The fourth-order valence-electron chi connectivity index (χ4n) is 3.25. The molecule has 0 saturated heterocycles. The Bertz CT molecular complexity index is 1480. The van der Waals surface area contributed by atoms with Crippen molar-refractivity contribution in [1.82, 2.24) is 20.8 Å². The lowest BCUT2D eigenvalue weighted by Gasteiger charge is -2.27. The fraction of sp³-hybridized carbons (Fsp3) is 0.174. The summed E-state index contributed by atoms with van der Waals surface area (Å²) in [6.45, 7) is 1.90. The molecule has 1 aliphatic rings. The monoisotopic (exact) mass is 555 g/mol. The number of carbonyl (C=O) groups excluding carboxylic acids is 2. The van der Waals surface area contributed by atoms with E-state index in [1.54, 1.807) is 24.3 Å². The van der Waals surface area contributed by atoms with Gasteiger partial charge >= 0.3 is 0 Å². The molecule has 0 fully saturated rings. The third-order valence-corrected chi connectivity index (χ3v) is 8.47. The van der Waals surface area contributed by atoms with Gasteiger partial charge < -0.3 is 16.0 Å². The number of aryl methyl sites for hydroxylation is 1. The van der Waals surface area contributed by atoms with Gasteiger partial charge in [0.25, 0.3) is 15.9 Å². The Morgan fingerprint density at radius 1 is 1.14 bits per heavy atom. The Kier molecular flexibility index (Phi) is 8.07. The summed E-state index contributed by atoms with van der Waals surface area (Å²) in [6, 6.07) is 16.6. The van der Waals surface area contributed by atoms with Crippen molar-refractivity contribution in [2.24, 2.45) is 0 Å². The van der Waals surface area contributed by atoms with Crippen LogP contribution >= 0.6 is 23.1 Å². The number of sulfonamides is 1. The highest BCUT2D eigenvalue weighted by Crippen LogP contribution is 2.24. The Hall–Kier alpha value is -3.93. The average Bonchev–Trinajstić information content (AvgIpc) is 3.35. The van der Waals surface area contributed by atoms with Gasteiger partial charge in [0.15, 0.2) is 0 Å². The molecule has 0 spiro atoms. The Morgan fingerprint density at radius 2 is 1.86 bits per heavy atom. The molecule has 0 aliphatic carbocycles. The van der Waals surface area contributed by atoms with Crippen LogP contribution in [0.2, 0.25) is 0 Å². The number of amides is 2. The normalized spacial score (nSPS) is 15.4. The number of benzene rings is 2. The van der Waals surface area contributed by atoms with Gasteiger partial charge in [0.1, 0.15) is 22.1 Å². The van der Waals surface area contributed by atoms with Gasteiger partial charge in [-0.1, -0.05) is 48.6 Å². The van der Waals surface area contributed by atoms with Crippen molar-refractivity contribution in [3.8, 4) is 6.07 Å². The van der Waals surface area contributed by atoms with Crippen molar-refractivity contribution in [3.63, 3.8) is 0 Å². The largest absolute Gasteiger partial charge is 0.355 e. The third-order valence-electron chi connectivity index (χ3n) is 5.01. The molecular weight excluding hydrogens is 534 g/mol. The second-order valence-electron chi connectivity index (χ2n) is 7.57. The van der Waals surface area contributed by atoms with Crippen LogP contribution in [0.25, 0.3) is 5.70 Å². The predicted octanol–water partition coefficient (Wildman–Crippen LogP) is 2.51. The van der Waals surface area contributed by atoms with Crippen molar-refractivity contribution in [2.75, 3.05) is 15.8 Å². The van der Waals surface area contributed by atoms with Gasteiger partial charge in [-0.05, 0) is 36.2 Å². The number of nitriles is 1. The standard InChI is InChI=1S/C23H21N7O4S3/c1-2-19-28-29-23(36-19)30-37(33,34)16-10-8-15(9-11-16)25-18(31)13-35-22-26-20(14-6-4-3-5-7-14)17(12-24)21(32)27-22/h3-11,22,26H,2,13H2,1H3,(H,25,31)(H,27,32)(H,29,30). The molecule has 4 N–H and O–H groups in total. The van der Waals surface area contributed by atoms with E-state index in [4.69, 9.17) is 0 Å². The molecule has 11 nitrogen and oxygen atoms in total. The molecule has 1 unspecified atom stereocenters. The molecule has 4 rings (SSSR count). The molecule has 2 heterocycles.